The highest BCUT2D eigenvalue weighted by Gasteiger charge is 2.35. The van der Waals surface area contributed by atoms with Crippen molar-refractivity contribution in [1.82, 2.24) is 9.80 Å². The molecule has 0 aromatic heterocycles. The van der Waals surface area contributed by atoms with E-state index in [1.807, 2.05) is 17.0 Å². The van der Waals surface area contributed by atoms with Crippen LogP contribution >= 0.6 is 0 Å². The number of hydrogen-bond acceptors (Lipinski definition) is 3. The third-order valence-corrected chi connectivity index (χ3v) is 5.70. The second-order valence-corrected chi connectivity index (χ2v) is 7.84. The van der Waals surface area contributed by atoms with E-state index < -0.39 is 0 Å². The Balaban J connectivity index is 1.58. The lowest BCUT2D eigenvalue weighted by Crippen LogP contribution is -2.43. The van der Waals surface area contributed by atoms with Crippen LogP contribution in [0.15, 0.2) is 24.3 Å². The average molecular weight is 373 g/mol. The van der Waals surface area contributed by atoms with Crippen LogP contribution in [0.2, 0.25) is 0 Å². The Morgan fingerprint density at radius 2 is 1.93 bits per heavy atom. The molecule has 1 heterocycles. The predicted molar refractivity (Wildman–Crippen MR) is 106 cm³/mol. The molecule has 2 aliphatic rings. The molecule has 1 aromatic carbocycles. The Kier molecular flexibility index (Phi) is 6.58. The minimum atomic E-state index is -0.100. The van der Waals surface area contributed by atoms with Crippen LogP contribution in [0.3, 0.4) is 0 Å². The summed E-state index contributed by atoms with van der Waals surface area (Å²) in [5.74, 6) is 1.13. The van der Waals surface area contributed by atoms with E-state index in [9.17, 15) is 9.59 Å². The highest BCUT2D eigenvalue weighted by atomic mass is 16.5. The molecule has 3 rings (SSSR count). The van der Waals surface area contributed by atoms with Crippen LogP contribution in [0.5, 0.6) is 5.75 Å². The summed E-state index contributed by atoms with van der Waals surface area (Å²) in [6.45, 7) is 0.820. The summed E-state index contributed by atoms with van der Waals surface area (Å²) in [4.78, 5) is 28.0. The number of urea groups is 1. The summed E-state index contributed by atoms with van der Waals surface area (Å²) in [7, 11) is 3.39. The number of carbonyl (C=O) groups excluding carboxylic acids is 2. The molecule has 27 heavy (non-hydrogen) atoms. The second kappa shape index (κ2) is 9.11. The topological polar surface area (TPSA) is 61.9 Å². The van der Waals surface area contributed by atoms with Gasteiger partial charge in [-0.3, -0.25) is 4.79 Å². The van der Waals surface area contributed by atoms with Crippen LogP contribution < -0.4 is 10.1 Å². The van der Waals surface area contributed by atoms with Crippen molar-refractivity contribution in [2.24, 2.45) is 5.92 Å². The molecular weight excluding hydrogens is 342 g/mol. The number of rotatable bonds is 5. The third kappa shape index (κ3) is 5.15. The van der Waals surface area contributed by atoms with Crippen LogP contribution in [0.1, 0.15) is 44.9 Å². The van der Waals surface area contributed by atoms with Gasteiger partial charge in [-0.05, 0) is 43.7 Å². The summed E-state index contributed by atoms with van der Waals surface area (Å²) in [6, 6.07) is 7.59. The number of hydrogen-bond donors (Lipinski definition) is 1. The van der Waals surface area contributed by atoms with Crippen molar-refractivity contribution in [3.63, 3.8) is 0 Å². The molecule has 0 spiro atoms. The molecule has 1 saturated carbocycles. The molecule has 1 N–H and O–H groups in total. The molecule has 1 unspecified atom stereocenters. The van der Waals surface area contributed by atoms with Gasteiger partial charge in [0.25, 0.3) is 5.91 Å². The molecule has 2 fully saturated rings. The van der Waals surface area contributed by atoms with Gasteiger partial charge in [0.15, 0.2) is 6.61 Å². The first kappa shape index (κ1) is 19.5. The fraction of sp³-hybridized carbons (Fsp3) is 0.619. The van der Waals surface area contributed by atoms with E-state index in [-0.39, 0.29) is 18.5 Å². The fourth-order valence-electron chi connectivity index (χ4n) is 4.19. The summed E-state index contributed by atoms with van der Waals surface area (Å²) in [6.07, 6.45) is 8.62. The fourth-order valence-corrected chi connectivity index (χ4v) is 4.19. The number of likely N-dealkylation sites (tertiary alicyclic amines) is 1. The number of amides is 3. The van der Waals surface area contributed by atoms with Crippen LogP contribution in [0.4, 0.5) is 10.5 Å². The molecule has 148 valence electrons. The van der Waals surface area contributed by atoms with E-state index in [4.69, 9.17) is 4.74 Å². The highest BCUT2D eigenvalue weighted by Crippen LogP contribution is 2.34. The monoisotopic (exact) mass is 373 g/mol. The minimum Gasteiger partial charge on any atom is -0.484 e. The first-order valence-electron chi connectivity index (χ1n) is 10.1. The van der Waals surface area contributed by atoms with E-state index in [0.717, 1.165) is 19.4 Å². The summed E-state index contributed by atoms with van der Waals surface area (Å²) in [5, 5.41) is 3.02. The Hall–Kier alpha value is -2.24. The molecule has 1 aliphatic heterocycles. The van der Waals surface area contributed by atoms with Gasteiger partial charge in [0.2, 0.25) is 0 Å². The summed E-state index contributed by atoms with van der Waals surface area (Å²) < 4.78 is 5.54. The maximum Gasteiger partial charge on any atom is 0.322 e. The molecular formula is C21H31N3O3. The Bertz CT molecular complexity index is 656. The number of nitrogens with one attached hydrogen (secondary N) is 1. The number of anilines is 1. The Morgan fingerprint density at radius 1 is 1.15 bits per heavy atom. The molecule has 3 amide bonds. The zero-order chi connectivity index (χ0) is 19.2. The van der Waals surface area contributed by atoms with Crippen molar-refractivity contribution >= 4 is 17.6 Å². The van der Waals surface area contributed by atoms with Gasteiger partial charge < -0.3 is 19.9 Å². The molecule has 1 aliphatic carbocycles. The van der Waals surface area contributed by atoms with E-state index >= 15 is 0 Å². The smallest absolute Gasteiger partial charge is 0.322 e. The molecule has 1 aromatic rings. The van der Waals surface area contributed by atoms with Crippen LogP contribution in [0, 0.1) is 5.92 Å². The molecule has 1 atom stereocenters. The first-order chi connectivity index (χ1) is 13.0. The maximum absolute atomic E-state index is 12.8. The average Bonchev–Trinajstić information content (AvgIpc) is 3.17. The first-order valence-corrected chi connectivity index (χ1v) is 10.1. The normalized spacial score (nSPS) is 20.4. The quantitative estimate of drug-likeness (QED) is 0.855. The zero-order valence-corrected chi connectivity index (χ0v) is 16.4. The Morgan fingerprint density at radius 3 is 2.67 bits per heavy atom. The van der Waals surface area contributed by atoms with E-state index in [1.165, 1.54) is 37.0 Å². The van der Waals surface area contributed by atoms with E-state index in [0.29, 0.717) is 23.4 Å². The number of benzene rings is 1. The molecule has 6 heteroatoms. The minimum absolute atomic E-state index is 0.0136. The van der Waals surface area contributed by atoms with Gasteiger partial charge in [-0.25, -0.2) is 4.79 Å². The van der Waals surface area contributed by atoms with Gasteiger partial charge in [-0.15, -0.1) is 0 Å². The van der Waals surface area contributed by atoms with Crippen molar-refractivity contribution in [3.8, 4) is 5.75 Å². The van der Waals surface area contributed by atoms with Crippen LogP contribution in [-0.4, -0.2) is 55.0 Å². The highest BCUT2D eigenvalue weighted by molar-refractivity contribution is 5.90. The summed E-state index contributed by atoms with van der Waals surface area (Å²) in [5.41, 5.74) is 0.698. The van der Waals surface area contributed by atoms with E-state index in [2.05, 4.69) is 5.32 Å². The lowest BCUT2D eigenvalue weighted by atomic mass is 9.83. The lowest BCUT2D eigenvalue weighted by molar-refractivity contribution is -0.130. The van der Waals surface area contributed by atoms with E-state index in [1.54, 1.807) is 26.2 Å². The van der Waals surface area contributed by atoms with Gasteiger partial charge in [-0.2, -0.15) is 0 Å². The van der Waals surface area contributed by atoms with Crippen LogP contribution in [0.25, 0.3) is 0 Å². The van der Waals surface area contributed by atoms with Gasteiger partial charge in [-0.1, -0.05) is 25.3 Å². The number of nitrogens with zero attached hydrogens (tertiary/aromatic N) is 2. The zero-order valence-electron chi connectivity index (χ0n) is 16.4. The van der Waals surface area contributed by atoms with Gasteiger partial charge >= 0.3 is 6.03 Å². The van der Waals surface area contributed by atoms with Crippen LogP contribution in [-0.2, 0) is 4.79 Å². The lowest BCUT2D eigenvalue weighted by Gasteiger charge is -2.34. The van der Waals surface area contributed by atoms with Crippen molar-refractivity contribution in [2.75, 3.05) is 32.6 Å². The van der Waals surface area contributed by atoms with Gasteiger partial charge in [0.05, 0.1) is 0 Å². The molecule has 6 nitrogen and oxygen atoms in total. The maximum atomic E-state index is 12.8. The number of likely N-dealkylation sites (N-methyl/N-ethyl adjacent to an activating group) is 1. The largest absolute Gasteiger partial charge is 0.484 e. The van der Waals surface area contributed by atoms with Crippen molar-refractivity contribution in [1.29, 1.82) is 0 Å². The molecule has 0 bridgehead atoms. The Labute approximate surface area is 161 Å². The number of carbonyl (C=O) groups is 2. The number of ether oxygens (including phenoxy) is 1. The molecule has 1 saturated heterocycles. The second-order valence-electron chi connectivity index (χ2n) is 7.84. The third-order valence-electron chi connectivity index (χ3n) is 5.70. The standard InChI is InChI=1S/C21H31N3O3/c1-23(2)20(25)15-27-18-11-6-10-17(14-18)22-21(26)24-13-7-12-19(24)16-8-4-3-5-9-16/h6,10-11,14,16,19H,3-5,7-9,12-13,15H2,1-2H3,(H,22,26). The predicted octanol–water partition coefficient (Wildman–Crippen LogP) is 3.73. The van der Waals surface area contributed by atoms with Gasteiger partial charge in [0, 0.05) is 38.4 Å². The van der Waals surface area contributed by atoms with Crippen molar-refractivity contribution in [2.45, 2.75) is 51.0 Å². The van der Waals surface area contributed by atoms with Crippen molar-refractivity contribution in [3.05, 3.63) is 24.3 Å². The van der Waals surface area contributed by atoms with Gasteiger partial charge in [0.1, 0.15) is 5.75 Å². The van der Waals surface area contributed by atoms with Crippen molar-refractivity contribution < 1.29 is 14.3 Å². The summed E-state index contributed by atoms with van der Waals surface area (Å²) >= 11 is 0. The molecule has 0 radical (unpaired) electrons. The SMILES string of the molecule is CN(C)C(=O)COc1cccc(NC(=O)N2CCCC2C2CCCCC2)c1.